The highest BCUT2D eigenvalue weighted by Crippen LogP contribution is 2.18. The van der Waals surface area contributed by atoms with Crippen LogP contribution in [0.2, 0.25) is 0 Å². The molecule has 0 bridgehead atoms. The summed E-state index contributed by atoms with van der Waals surface area (Å²) in [4.78, 5) is 0. The molecule has 0 radical (unpaired) electrons. The average molecular weight is 167 g/mol. The molecule has 0 fully saturated rings. The first-order valence-electron chi connectivity index (χ1n) is 4.10. The molecule has 1 heteroatoms. The maximum Gasteiger partial charge on any atom is 0.0255 e. The molecule has 1 aromatic heterocycles. The van der Waals surface area contributed by atoms with E-state index in [-0.39, 0.29) is 0 Å². The highest BCUT2D eigenvalue weighted by Gasteiger charge is 1.96. The van der Waals surface area contributed by atoms with Crippen LogP contribution in [0.5, 0.6) is 0 Å². The lowest BCUT2D eigenvalue weighted by molar-refractivity contribution is 1.15. The van der Waals surface area contributed by atoms with Gasteiger partial charge in [-0.2, -0.15) is 0 Å². The predicted octanol–water partition coefficient (Wildman–Crippen LogP) is 2.59. The molecule has 0 saturated carbocycles. The van der Waals surface area contributed by atoms with Crippen LogP contribution in [0, 0.1) is 12.5 Å². The maximum atomic E-state index is 5.25. The zero-order valence-electron chi connectivity index (χ0n) is 7.14. The van der Waals surface area contributed by atoms with Crippen molar-refractivity contribution in [3.8, 4) is 23.6 Å². The quantitative estimate of drug-likeness (QED) is 0.575. The minimum Gasteiger partial charge on any atom is -0.284 e. The Morgan fingerprint density at radius 1 is 1.00 bits per heavy atom. The van der Waals surface area contributed by atoms with Crippen LogP contribution < -0.4 is 0 Å². The molecule has 62 valence electrons. The van der Waals surface area contributed by atoms with Gasteiger partial charge in [-0.05, 0) is 11.6 Å². The predicted molar refractivity (Wildman–Crippen MR) is 54.1 cm³/mol. The molecular weight excluding hydrogens is 158 g/mol. The smallest absolute Gasteiger partial charge is 0.0255 e. The van der Waals surface area contributed by atoms with Gasteiger partial charge in [0, 0.05) is 24.0 Å². The fourth-order valence-electron chi connectivity index (χ4n) is 1.28. The van der Waals surface area contributed by atoms with E-state index in [1.807, 2.05) is 36.7 Å². The van der Waals surface area contributed by atoms with Gasteiger partial charge in [-0.3, -0.25) is 4.57 Å². The van der Waals surface area contributed by atoms with Crippen molar-refractivity contribution in [1.29, 1.82) is 0 Å². The lowest BCUT2D eigenvalue weighted by Gasteiger charge is -1.94. The Morgan fingerprint density at radius 2 is 1.77 bits per heavy atom. The van der Waals surface area contributed by atoms with E-state index in [1.165, 1.54) is 5.56 Å². The second-order valence-corrected chi connectivity index (χ2v) is 2.80. The zero-order chi connectivity index (χ0) is 9.10. The number of aromatic nitrogens is 1. The van der Waals surface area contributed by atoms with E-state index in [2.05, 4.69) is 18.2 Å². The molecule has 1 aromatic carbocycles. The highest BCUT2D eigenvalue weighted by molar-refractivity contribution is 5.62. The fraction of sp³-hybridized carbons (Fsp3) is 0. The van der Waals surface area contributed by atoms with Gasteiger partial charge in [-0.15, -0.1) is 0 Å². The van der Waals surface area contributed by atoms with E-state index in [0.29, 0.717) is 0 Å². The summed E-state index contributed by atoms with van der Waals surface area (Å²) in [5.41, 5.74) is 2.34. The molecular formula is C12H9N. The lowest BCUT2D eigenvalue weighted by Crippen LogP contribution is -1.78. The molecule has 0 aliphatic heterocycles. The van der Waals surface area contributed by atoms with Crippen molar-refractivity contribution in [1.82, 2.24) is 4.57 Å². The molecule has 0 saturated heterocycles. The van der Waals surface area contributed by atoms with Gasteiger partial charge in [0.15, 0.2) is 0 Å². The lowest BCUT2D eigenvalue weighted by atomic mass is 10.1. The minimum absolute atomic E-state index is 1.15. The number of nitrogens with zero attached hydrogens (tertiary/aromatic N) is 1. The van der Waals surface area contributed by atoms with Crippen molar-refractivity contribution < 1.29 is 0 Å². The van der Waals surface area contributed by atoms with Gasteiger partial charge >= 0.3 is 0 Å². The third-order valence-electron chi connectivity index (χ3n) is 1.95. The summed E-state index contributed by atoms with van der Waals surface area (Å²) in [6.07, 6.45) is 9.07. The molecule has 1 heterocycles. The van der Waals surface area contributed by atoms with Gasteiger partial charge < -0.3 is 0 Å². The summed E-state index contributed by atoms with van der Waals surface area (Å²) < 4.78 is 1.71. The normalized spacial score (nSPS) is 9.46. The Bertz CT molecular complexity index is 432. The molecule has 0 spiro atoms. The summed E-state index contributed by atoms with van der Waals surface area (Å²) in [6.45, 7) is 0. The van der Waals surface area contributed by atoms with E-state index in [0.717, 1.165) is 5.56 Å². The van der Waals surface area contributed by atoms with Gasteiger partial charge in [-0.25, -0.2) is 0 Å². The standard InChI is InChI=1S/C12H9N/c1-2-13-9-8-12(10-13)11-6-4-3-5-7-11/h1,3-10H. The highest BCUT2D eigenvalue weighted by atomic mass is 14.9. The molecule has 13 heavy (non-hydrogen) atoms. The van der Waals surface area contributed by atoms with Gasteiger partial charge in [0.1, 0.15) is 0 Å². The summed E-state index contributed by atoms with van der Waals surface area (Å²) in [7, 11) is 0. The van der Waals surface area contributed by atoms with Crippen molar-refractivity contribution in [2.75, 3.05) is 0 Å². The third-order valence-corrected chi connectivity index (χ3v) is 1.95. The molecule has 2 aromatic rings. The van der Waals surface area contributed by atoms with Crippen LogP contribution in [0.1, 0.15) is 0 Å². The van der Waals surface area contributed by atoms with E-state index >= 15 is 0 Å². The average Bonchev–Trinajstić information content (AvgIpc) is 2.67. The van der Waals surface area contributed by atoms with Crippen LogP contribution >= 0.6 is 0 Å². The number of hydrogen-bond donors (Lipinski definition) is 0. The first kappa shape index (κ1) is 7.70. The van der Waals surface area contributed by atoms with Crippen molar-refractivity contribution in [3.05, 3.63) is 48.8 Å². The summed E-state index contributed by atoms with van der Waals surface area (Å²) in [6, 6.07) is 14.7. The Morgan fingerprint density at radius 3 is 2.38 bits per heavy atom. The van der Waals surface area contributed by atoms with Crippen molar-refractivity contribution in [2.24, 2.45) is 0 Å². The van der Waals surface area contributed by atoms with Crippen LogP contribution in [-0.4, -0.2) is 4.57 Å². The number of rotatable bonds is 1. The van der Waals surface area contributed by atoms with Gasteiger partial charge in [0.25, 0.3) is 0 Å². The van der Waals surface area contributed by atoms with E-state index in [4.69, 9.17) is 6.42 Å². The number of hydrogen-bond acceptors (Lipinski definition) is 0. The van der Waals surface area contributed by atoms with Crippen LogP contribution in [0.4, 0.5) is 0 Å². The molecule has 0 unspecified atom stereocenters. The molecule has 0 aliphatic carbocycles. The Hall–Kier alpha value is -1.94. The monoisotopic (exact) mass is 167 g/mol. The van der Waals surface area contributed by atoms with Gasteiger partial charge in [0.05, 0.1) is 0 Å². The van der Waals surface area contributed by atoms with Gasteiger partial charge in [-0.1, -0.05) is 36.8 Å². The second-order valence-electron chi connectivity index (χ2n) is 2.80. The Labute approximate surface area is 77.6 Å². The maximum absolute atomic E-state index is 5.25. The van der Waals surface area contributed by atoms with Crippen molar-refractivity contribution in [3.63, 3.8) is 0 Å². The fourth-order valence-corrected chi connectivity index (χ4v) is 1.28. The van der Waals surface area contributed by atoms with Crippen LogP contribution in [0.25, 0.3) is 11.1 Å². The van der Waals surface area contributed by atoms with E-state index in [9.17, 15) is 0 Å². The summed E-state index contributed by atoms with van der Waals surface area (Å²) in [5, 5.41) is 0. The van der Waals surface area contributed by atoms with Gasteiger partial charge in [0.2, 0.25) is 0 Å². The largest absolute Gasteiger partial charge is 0.284 e. The van der Waals surface area contributed by atoms with Crippen LogP contribution in [0.15, 0.2) is 48.8 Å². The Balaban J connectivity index is 2.43. The molecule has 0 atom stereocenters. The number of benzene rings is 1. The summed E-state index contributed by atoms with van der Waals surface area (Å²) in [5.74, 6) is 0. The zero-order valence-corrected chi connectivity index (χ0v) is 7.14. The van der Waals surface area contributed by atoms with E-state index < -0.39 is 0 Å². The van der Waals surface area contributed by atoms with E-state index in [1.54, 1.807) is 4.57 Å². The van der Waals surface area contributed by atoms with Crippen molar-refractivity contribution in [2.45, 2.75) is 0 Å². The first-order chi connectivity index (χ1) is 6.40. The second kappa shape index (κ2) is 3.20. The van der Waals surface area contributed by atoms with Crippen molar-refractivity contribution >= 4 is 0 Å². The SMILES string of the molecule is C#Cn1ccc(-c2ccccc2)c1. The minimum atomic E-state index is 1.15. The van der Waals surface area contributed by atoms with Crippen LogP contribution in [0.3, 0.4) is 0 Å². The first-order valence-corrected chi connectivity index (χ1v) is 4.10. The summed E-state index contributed by atoms with van der Waals surface area (Å²) >= 11 is 0. The topological polar surface area (TPSA) is 4.93 Å². The molecule has 1 nitrogen and oxygen atoms in total. The molecule has 2 rings (SSSR count). The molecule has 0 aliphatic rings. The number of terminal acetylenes is 1. The van der Waals surface area contributed by atoms with Crippen LogP contribution in [-0.2, 0) is 0 Å². The third kappa shape index (κ3) is 1.47. The molecule has 0 amide bonds. The molecule has 0 N–H and O–H groups in total. The Kier molecular flexibility index (Phi) is 1.90.